The summed E-state index contributed by atoms with van der Waals surface area (Å²) < 4.78 is 0. The first-order chi connectivity index (χ1) is 10.5. The lowest BCUT2D eigenvalue weighted by Crippen LogP contribution is -2.50. The molecule has 7 heteroatoms. The van der Waals surface area contributed by atoms with E-state index in [2.05, 4.69) is 9.88 Å². The SMILES string of the molecule is CC[C@@H](O)CN1CCN(C(=O)c2ccc(C(N)=O)cn2)CC1. The Morgan fingerprint density at radius 3 is 2.50 bits per heavy atom. The van der Waals surface area contributed by atoms with Gasteiger partial charge in [-0.25, -0.2) is 0 Å². The number of carbonyl (C=O) groups excluding carboxylic acids is 2. The van der Waals surface area contributed by atoms with E-state index < -0.39 is 5.91 Å². The maximum Gasteiger partial charge on any atom is 0.272 e. The average molecular weight is 306 g/mol. The number of aliphatic hydroxyl groups is 1. The zero-order valence-electron chi connectivity index (χ0n) is 12.7. The Morgan fingerprint density at radius 2 is 2.00 bits per heavy atom. The van der Waals surface area contributed by atoms with Crippen molar-refractivity contribution in [2.75, 3.05) is 32.7 Å². The average Bonchev–Trinajstić information content (AvgIpc) is 2.55. The van der Waals surface area contributed by atoms with Crippen LogP contribution < -0.4 is 5.73 Å². The summed E-state index contributed by atoms with van der Waals surface area (Å²) in [5.41, 5.74) is 5.75. The Kier molecular flexibility index (Phi) is 5.46. The fourth-order valence-electron chi connectivity index (χ4n) is 2.39. The first-order valence-corrected chi connectivity index (χ1v) is 7.46. The Morgan fingerprint density at radius 1 is 1.32 bits per heavy atom. The van der Waals surface area contributed by atoms with Gasteiger partial charge in [0.25, 0.3) is 5.91 Å². The summed E-state index contributed by atoms with van der Waals surface area (Å²) in [6.07, 6.45) is 1.74. The molecular formula is C15H22N4O3. The molecule has 0 bridgehead atoms. The van der Waals surface area contributed by atoms with Gasteiger partial charge in [0, 0.05) is 38.9 Å². The van der Waals surface area contributed by atoms with E-state index in [-0.39, 0.29) is 17.6 Å². The molecule has 7 nitrogen and oxygen atoms in total. The van der Waals surface area contributed by atoms with Gasteiger partial charge in [0.2, 0.25) is 5.91 Å². The van der Waals surface area contributed by atoms with E-state index in [0.717, 1.165) is 19.5 Å². The number of carbonyl (C=O) groups is 2. The molecule has 2 rings (SSSR count). The van der Waals surface area contributed by atoms with Crippen LogP contribution in [-0.2, 0) is 0 Å². The lowest BCUT2D eigenvalue weighted by atomic mass is 10.2. The van der Waals surface area contributed by atoms with Crippen LogP contribution in [0.25, 0.3) is 0 Å². The number of piperazine rings is 1. The highest BCUT2D eigenvalue weighted by Gasteiger charge is 2.23. The molecule has 0 saturated carbocycles. The van der Waals surface area contributed by atoms with Gasteiger partial charge in [-0.1, -0.05) is 6.92 Å². The number of rotatable bonds is 5. The van der Waals surface area contributed by atoms with Crippen molar-refractivity contribution in [2.24, 2.45) is 5.73 Å². The van der Waals surface area contributed by atoms with Crippen molar-refractivity contribution < 1.29 is 14.7 Å². The monoisotopic (exact) mass is 306 g/mol. The van der Waals surface area contributed by atoms with Gasteiger partial charge in [0.1, 0.15) is 5.69 Å². The zero-order chi connectivity index (χ0) is 16.1. The maximum atomic E-state index is 12.3. The van der Waals surface area contributed by atoms with Crippen molar-refractivity contribution >= 4 is 11.8 Å². The molecule has 1 atom stereocenters. The Balaban J connectivity index is 1.90. The van der Waals surface area contributed by atoms with Crippen LogP contribution in [0.15, 0.2) is 18.3 Å². The molecule has 3 N–H and O–H groups in total. The van der Waals surface area contributed by atoms with Gasteiger partial charge in [0.15, 0.2) is 0 Å². The van der Waals surface area contributed by atoms with Gasteiger partial charge in [-0.05, 0) is 18.6 Å². The summed E-state index contributed by atoms with van der Waals surface area (Å²) >= 11 is 0. The van der Waals surface area contributed by atoms with Crippen LogP contribution >= 0.6 is 0 Å². The number of primary amides is 1. The molecule has 0 unspecified atom stereocenters. The van der Waals surface area contributed by atoms with Crippen molar-refractivity contribution in [3.05, 3.63) is 29.6 Å². The summed E-state index contributed by atoms with van der Waals surface area (Å²) in [5, 5.41) is 9.66. The predicted molar refractivity (Wildman–Crippen MR) is 81.4 cm³/mol. The summed E-state index contributed by atoms with van der Waals surface area (Å²) in [5.74, 6) is -0.707. The van der Waals surface area contributed by atoms with E-state index in [1.54, 1.807) is 4.90 Å². The first kappa shape index (κ1) is 16.4. The van der Waals surface area contributed by atoms with Crippen LogP contribution in [0.3, 0.4) is 0 Å². The van der Waals surface area contributed by atoms with Crippen LogP contribution in [0, 0.1) is 0 Å². The number of aliphatic hydroxyl groups excluding tert-OH is 1. The van der Waals surface area contributed by atoms with Crippen molar-refractivity contribution in [2.45, 2.75) is 19.4 Å². The fraction of sp³-hybridized carbons (Fsp3) is 0.533. The molecular weight excluding hydrogens is 284 g/mol. The number of nitrogens with zero attached hydrogens (tertiary/aromatic N) is 3. The maximum absolute atomic E-state index is 12.3. The third-order valence-corrected chi connectivity index (χ3v) is 3.87. The van der Waals surface area contributed by atoms with Crippen LogP contribution in [0.5, 0.6) is 0 Å². The van der Waals surface area contributed by atoms with E-state index >= 15 is 0 Å². The van der Waals surface area contributed by atoms with Crippen LogP contribution in [0.2, 0.25) is 0 Å². The van der Waals surface area contributed by atoms with Crippen molar-refractivity contribution in [1.82, 2.24) is 14.8 Å². The lowest BCUT2D eigenvalue weighted by Gasteiger charge is -2.35. The molecule has 0 spiro atoms. The van der Waals surface area contributed by atoms with E-state index in [0.29, 0.717) is 25.3 Å². The minimum absolute atomic E-state index is 0.147. The second-order valence-electron chi connectivity index (χ2n) is 5.45. The normalized spacial score (nSPS) is 17.3. The molecule has 2 heterocycles. The number of aromatic nitrogens is 1. The standard InChI is InChI=1S/C15H22N4O3/c1-2-12(20)10-18-5-7-19(8-6-18)15(22)13-4-3-11(9-17-13)14(16)21/h3-4,9,12,20H,2,5-8,10H2,1H3,(H2,16,21)/t12-/m1/s1. The minimum Gasteiger partial charge on any atom is -0.392 e. The number of hydrogen-bond donors (Lipinski definition) is 2. The highest BCUT2D eigenvalue weighted by atomic mass is 16.3. The van der Waals surface area contributed by atoms with E-state index in [1.807, 2.05) is 6.92 Å². The van der Waals surface area contributed by atoms with Crippen LogP contribution in [0.4, 0.5) is 0 Å². The van der Waals surface area contributed by atoms with Gasteiger partial charge in [0.05, 0.1) is 11.7 Å². The first-order valence-electron chi connectivity index (χ1n) is 7.46. The molecule has 2 amide bonds. The van der Waals surface area contributed by atoms with Gasteiger partial charge in [-0.15, -0.1) is 0 Å². The Labute approximate surface area is 129 Å². The summed E-state index contributed by atoms with van der Waals surface area (Å²) in [4.78, 5) is 31.2. The number of β-amino-alcohol motifs (C(OH)–C–C–N with tert-alkyl or cyclic N) is 1. The molecule has 1 aromatic heterocycles. The second kappa shape index (κ2) is 7.33. The summed E-state index contributed by atoms with van der Waals surface area (Å²) in [6.45, 7) is 5.28. The number of pyridine rings is 1. The Hall–Kier alpha value is -1.99. The topological polar surface area (TPSA) is 99.8 Å². The molecule has 1 aliphatic rings. The highest BCUT2D eigenvalue weighted by molar-refractivity contribution is 5.95. The lowest BCUT2D eigenvalue weighted by molar-refractivity contribution is 0.0519. The zero-order valence-corrected chi connectivity index (χ0v) is 12.7. The van der Waals surface area contributed by atoms with Crippen molar-refractivity contribution in [3.63, 3.8) is 0 Å². The summed E-state index contributed by atoms with van der Waals surface area (Å²) in [7, 11) is 0. The molecule has 1 fully saturated rings. The van der Waals surface area contributed by atoms with Crippen molar-refractivity contribution in [1.29, 1.82) is 0 Å². The smallest absolute Gasteiger partial charge is 0.272 e. The molecule has 0 aliphatic carbocycles. The third kappa shape index (κ3) is 4.02. The summed E-state index contributed by atoms with van der Waals surface area (Å²) in [6, 6.07) is 3.03. The van der Waals surface area contributed by atoms with E-state index in [9.17, 15) is 14.7 Å². The van der Waals surface area contributed by atoms with Gasteiger partial charge in [-0.3, -0.25) is 19.5 Å². The van der Waals surface area contributed by atoms with Gasteiger partial charge >= 0.3 is 0 Å². The minimum atomic E-state index is -0.561. The molecule has 1 saturated heterocycles. The predicted octanol–water partition coefficient (Wildman–Crippen LogP) is -0.291. The molecule has 1 aliphatic heterocycles. The number of amides is 2. The molecule has 0 aromatic carbocycles. The number of hydrogen-bond acceptors (Lipinski definition) is 5. The second-order valence-corrected chi connectivity index (χ2v) is 5.45. The molecule has 1 aromatic rings. The Bertz CT molecular complexity index is 524. The fourth-order valence-corrected chi connectivity index (χ4v) is 2.39. The van der Waals surface area contributed by atoms with E-state index in [4.69, 9.17) is 5.73 Å². The quantitative estimate of drug-likeness (QED) is 0.778. The molecule has 0 radical (unpaired) electrons. The van der Waals surface area contributed by atoms with Crippen molar-refractivity contribution in [3.8, 4) is 0 Å². The van der Waals surface area contributed by atoms with Gasteiger partial charge < -0.3 is 15.7 Å². The largest absolute Gasteiger partial charge is 0.392 e. The molecule has 22 heavy (non-hydrogen) atoms. The van der Waals surface area contributed by atoms with Crippen LogP contribution in [0.1, 0.15) is 34.2 Å². The highest BCUT2D eigenvalue weighted by Crippen LogP contribution is 2.09. The van der Waals surface area contributed by atoms with Crippen LogP contribution in [-0.4, -0.2) is 70.5 Å². The van der Waals surface area contributed by atoms with E-state index in [1.165, 1.54) is 18.3 Å². The third-order valence-electron chi connectivity index (χ3n) is 3.87. The molecule has 120 valence electrons. The van der Waals surface area contributed by atoms with Gasteiger partial charge in [-0.2, -0.15) is 0 Å². The number of nitrogens with two attached hydrogens (primary N) is 1.